The summed E-state index contributed by atoms with van der Waals surface area (Å²) in [6, 6.07) is 9.78. The molecule has 34 heavy (non-hydrogen) atoms. The van der Waals surface area contributed by atoms with Gasteiger partial charge < -0.3 is 15.4 Å². The van der Waals surface area contributed by atoms with Gasteiger partial charge in [0.05, 0.1) is 12.6 Å². The van der Waals surface area contributed by atoms with Crippen LogP contribution in [0.2, 0.25) is 0 Å². The van der Waals surface area contributed by atoms with Crippen molar-refractivity contribution in [1.82, 2.24) is 15.5 Å². The van der Waals surface area contributed by atoms with E-state index in [0.29, 0.717) is 19.5 Å². The molecule has 2 N–H and O–H groups in total. The highest BCUT2D eigenvalue weighted by Crippen LogP contribution is 2.19. The maximum Gasteiger partial charge on any atom is 0.331 e. The van der Waals surface area contributed by atoms with Gasteiger partial charge in [-0.15, -0.1) is 0 Å². The Morgan fingerprint density at radius 1 is 0.941 bits per heavy atom. The van der Waals surface area contributed by atoms with Gasteiger partial charge in [0.1, 0.15) is 11.1 Å². The number of esters is 1. The third-order valence-corrected chi connectivity index (χ3v) is 6.32. The van der Waals surface area contributed by atoms with Gasteiger partial charge in [-0.1, -0.05) is 62.9 Å². The zero-order valence-corrected chi connectivity index (χ0v) is 21.6. The van der Waals surface area contributed by atoms with E-state index in [9.17, 15) is 14.4 Å². The maximum atomic E-state index is 13.6. The van der Waals surface area contributed by atoms with Gasteiger partial charge in [0, 0.05) is 6.54 Å². The van der Waals surface area contributed by atoms with E-state index in [4.69, 9.17) is 4.74 Å². The number of carbonyl (C=O) groups is 3. The molecular formula is C27H43N3O4. The molecule has 0 aliphatic carbocycles. The molecule has 2 amide bonds. The van der Waals surface area contributed by atoms with Crippen molar-refractivity contribution >= 4 is 17.8 Å². The Bertz CT molecular complexity index is 807. The van der Waals surface area contributed by atoms with Gasteiger partial charge in [-0.2, -0.15) is 0 Å². The van der Waals surface area contributed by atoms with Crippen LogP contribution in [0.3, 0.4) is 0 Å². The molecule has 1 aliphatic rings. The van der Waals surface area contributed by atoms with Crippen LogP contribution < -0.4 is 10.6 Å². The SMILES string of the molecule is CCCCCCC1C(=O)NC(C)(C)C(=O)NC(C)(C)C(=O)OCCCCN1Cc1ccccc1. The first-order valence-corrected chi connectivity index (χ1v) is 12.7. The molecule has 1 atom stereocenters. The fourth-order valence-electron chi connectivity index (χ4n) is 4.11. The van der Waals surface area contributed by atoms with E-state index in [0.717, 1.165) is 44.1 Å². The topological polar surface area (TPSA) is 87.7 Å². The van der Waals surface area contributed by atoms with E-state index in [1.165, 1.54) is 0 Å². The van der Waals surface area contributed by atoms with Crippen molar-refractivity contribution in [2.24, 2.45) is 0 Å². The van der Waals surface area contributed by atoms with E-state index in [1.54, 1.807) is 27.7 Å². The molecule has 1 unspecified atom stereocenters. The molecule has 1 heterocycles. The molecule has 7 heteroatoms. The second-order valence-electron chi connectivity index (χ2n) is 10.4. The number of unbranched alkanes of at least 4 members (excludes halogenated alkanes) is 3. The molecule has 1 fully saturated rings. The number of hydrogen-bond donors (Lipinski definition) is 2. The lowest BCUT2D eigenvalue weighted by atomic mass is 9.97. The van der Waals surface area contributed by atoms with Crippen LogP contribution in [0.4, 0.5) is 0 Å². The van der Waals surface area contributed by atoms with Crippen LogP contribution >= 0.6 is 0 Å². The summed E-state index contributed by atoms with van der Waals surface area (Å²) in [6.07, 6.45) is 6.53. The molecule has 1 aliphatic heterocycles. The monoisotopic (exact) mass is 473 g/mol. The third kappa shape index (κ3) is 8.42. The van der Waals surface area contributed by atoms with Crippen molar-refractivity contribution < 1.29 is 19.1 Å². The van der Waals surface area contributed by atoms with Gasteiger partial charge in [0.2, 0.25) is 11.8 Å². The standard InChI is InChI=1S/C27H43N3O4/c1-6-7-8-12-17-22-23(31)28-26(2,3)24(32)29-27(4,5)25(33)34-19-14-13-18-30(22)20-21-15-10-9-11-16-21/h9-11,15-16,22H,6-8,12-14,17-20H2,1-5H3,(H,28,31)(H,29,32). The number of nitrogens with one attached hydrogen (secondary N) is 2. The molecule has 0 aromatic heterocycles. The average molecular weight is 474 g/mol. The molecule has 1 aromatic rings. The van der Waals surface area contributed by atoms with Gasteiger partial charge in [-0.3, -0.25) is 14.5 Å². The molecule has 0 bridgehead atoms. The number of nitrogens with zero attached hydrogens (tertiary/aromatic N) is 1. The molecule has 0 saturated carbocycles. The summed E-state index contributed by atoms with van der Waals surface area (Å²) in [4.78, 5) is 41.4. The number of cyclic esters (lactones) is 1. The van der Waals surface area contributed by atoms with Crippen LogP contribution in [-0.4, -0.2) is 53.0 Å². The summed E-state index contributed by atoms with van der Waals surface area (Å²) in [7, 11) is 0. The molecule has 0 radical (unpaired) electrons. The average Bonchev–Trinajstić information content (AvgIpc) is 2.77. The molecule has 1 saturated heterocycles. The largest absolute Gasteiger partial charge is 0.464 e. The van der Waals surface area contributed by atoms with Crippen molar-refractivity contribution in [3.63, 3.8) is 0 Å². The first kappa shape index (κ1) is 27.8. The van der Waals surface area contributed by atoms with E-state index in [1.807, 2.05) is 18.2 Å². The number of rotatable bonds is 7. The minimum Gasteiger partial charge on any atom is -0.464 e. The Morgan fingerprint density at radius 2 is 1.65 bits per heavy atom. The van der Waals surface area contributed by atoms with Crippen molar-refractivity contribution in [2.75, 3.05) is 13.2 Å². The Morgan fingerprint density at radius 3 is 2.32 bits per heavy atom. The predicted octanol–water partition coefficient (Wildman–Crippen LogP) is 3.95. The maximum absolute atomic E-state index is 13.6. The second-order valence-corrected chi connectivity index (χ2v) is 10.4. The van der Waals surface area contributed by atoms with Crippen molar-refractivity contribution in [3.8, 4) is 0 Å². The minimum atomic E-state index is -1.18. The normalized spacial score (nSPS) is 22.3. The van der Waals surface area contributed by atoms with E-state index in [2.05, 4.69) is 34.6 Å². The van der Waals surface area contributed by atoms with Gasteiger partial charge in [0.25, 0.3) is 0 Å². The smallest absolute Gasteiger partial charge is 0.331 e. The van der Waals surface area contributed by atoms with Crippen molar-refractivity contribution in [1.29, 1.82) is 0 Å². The fourth-order valence-corrected chi connectivity index (χ4v) is 4.11. The Labute approximate surface area is 205 Å². The molecule has 0 spiro atoms. The predicted molar refractivity (Wildman–Crippen MR) is 134 cm³/mol. The lowest BCUT2D eigenvalue weighted by Gasteiger charge is -2.36. The first-order chi connectivity index (χ1) is 16.1. The number of ether oxygens (including phenoxy) is 1. The van der Waals surface area contributed by atoms with E-state index >= 15 is 0 Å². The van der Waals surface area contributed by atoms with Crippen molar-refractivity contribution in [2.45, 2.75) is 103 Å². The summed E-state index contributed by atoms with van der Waals surface area (Å²) in [5.41, 5.74) is -1.22. The van der Waals surface area contributed by atoms with Gasteiger partial charge in [-0.05, 0) is 59.1 Å². The van der Waals surface area contributed by atoms with Crippen LogP contribution in [0, 0.1) is 0 Å². The molecule has 1 aromatic carbocycles. The molecule has 2 rings (SSSR count). The highest BCUT2D eigenvalue weighted by molar-refractivity contribution is 5.95. The minimum absolute atomic E-state index is 0.148. The van der Waals surface area contributed by atoms with Crippen LogP contribution in [0.5, 0.6) is 0 Å². The number of amides is 2. The number of benzene rings is 1. The summed E-state index contributed by atoms with van der Waals surface area (Å²) in [5.74, 6) is -1.04. The van der Waals surface area contributed by atoms with Crippen molar-refractivity contribution in [3.05, 3.63) is 35.9 Å². The zero-order valence-electron chi connectivity index (χ0n) is 21.6. The number of hydrogen-bond acceptors (Lipinski definition) is 5. The van der Waals surface area contributed by atoms with E-state index in [-0.39, 0.29) is 18.6 Å². The zero-order chi connectivity index (χ0) is 25.2. The quantitative estimate of drug-likeness (QED) is 0.462. The highest BCUT2D eigenvalue weighted by Gasteiger charge is 2.39. The summed E-state index contributed by atoms with van der Waals surface area (Å²) in [6.45, 7) is 10.4. The van der Waals surface area contributed by atoms with Crippen LogP contribution in [-0.2, 0) is 25.7 Å². The van der Waals surface area contributed by atoms with Gasteiger partial charge >= 0.3 is 5.97 Å². The molecule has 190 valence electrons. The molecular weight excluding hydrogens is 430 g/mol. The Kier molecular flexibility index (Phi) is 10.5. The Balaban J connectivity index is 2.32. The second kappa shape index (κ2) is 12.9. The fraction of sp³-hybridized carbons (Fsp3) is 0.667. The van der Waals surface area contributed by atoms with Gasteiger partial charge in [-0.25, -0.2) is 4.79 Å². The van der Waals surface area contributed by atoms with Crippen LogP contribution in [0.1, 0.15) is 85.1 Å². The lowest BCUT2D eigenvalue weighted by molar-refractivity contribution is -0.153. The highest BCUT2D eigenvalue weighted by atomic mass is 16.5. The summed E-state index contributed by atoms with van der Waals surface area (Å²) < 4.78 is 5.45. The van der Waals surface area contributed by atoms with Crippen LogP contribution in [0.15, 0.2) is 30.3 Å². The van der Waals surface area contributed by atoms with Crippen LogP contribution in [0.25, 0.3) is 0 Å². The Hall–Kier alpha value is -2.41. The number of carbonyl (C=O) groups excluding carboxylic acids is 3. The molecule has 7 nitrogen and oxygen atoms in total. The van der Waals surface area contributed by atoms with E-state index < -0.39 is 23.0 Å². The third-order valence-electron chi connectivity index (χ3n) is 6.32. The lowest BCUT2D eigenvalue weighted by Crippen LogP contribution is -2.63. The first-order valence-electron chi connectivity index (χ1n) is 12.7. The van der Waals surface area contributed by atoms with Gasteiger partial charge in [0.15, 0.2) is 0 Å². The summed E-state index contributed by atoms with van der Waals surface area (Å²) >= 11 is 0. The summed E-state index contributed by atoms with van der Waals surface area (Å²) in [5, 5.41) is 5.73.